The largest absolute Gasteiger partial charge is 0.486 e. The molecule has 15 heavy (non-hydrogen) atoms. The van der Waals surface area contributed by atoms with Crippen LogP contribution in [0.5, 0.6) is 0 Å². The Morgan fingerprint density at radius 3 is 2.53 bits per heavy atom. The third-order valence-electron chi connectivity index (χ3n) is 1.86. The summed E-state index contributed by atoms with van der Waals surface area (Å²) in [5, 5.41) is 18.1. The van der Waals surface area contributed by atoms with E-state index in [1.807, 2.05) is 13.8 Å². The van der Waals surface area contributed by atoms with E-state index in [0.29, 0.717) is 18.8 Å². The van der Waals surface area contributed by atoms with Crippen molar-refractivity contribution in [1.29, 1.82) is 0 Å². The van der Waals surface area contributed by atoms with Gasteiger partial charge in [-0.25, -0.2) is 0 Å². The molecule has 0 aliphatic heterocycles. The molecule has 0 aliphatic carbocycles. The molecule has 0 aromatic heterocycles. The zero-order valence-electron chi connectivity index (χ0n) is 9.39. The maximum atomic E-state index is 9.63. The zero-order chi connectivity index (χ0) is 11.7. The number of hydrogen-bond acceptors (Lipinski definition) is 3. The first kappa shape index (κ1) is 14.0. The molecule has 0 aromatic rings. The highest BCUT2D eigenvalue weighted by Crippen LogP contribution is 2.11. The average molecular weight is 212 g/mol. The van der Waals surface area contributed by atoms with E-state index >= 15 is 0 Å². The van der Waals surface area contributed by atoms with E-state index in [1.165, 1.54) is 12.3 Å². The molecule has 0 unspecified atom stereocenters. The van der Waals surface area contributed by atoms with Crippen LogP contribution >= 0.6 is 0 Å². The number of rotatable bonds is 7. The highest BCUT2D eigenvalue weighted by atomic mass is 16.5. The molecule has 0 saturated carbocycles. The second kappa shape index (κ2) is 8.34. The van der Waals surface area contributed by atoms with Gasteiger partial charge in [-0.05, 0) is 18.4 Å². The first-order valence-corrected chi connectivity index (χ1v) is 5.15. The van der Waals surface area contributed by atoms with Crippen LogP contribution in [0.1, 0.15) is 26.7 Å². The van der Waals surface area contributed by atoms with Gasteiger partial charge in [-0.15, -0.1) is 6.42 Å². The Labute approximate surface area is 91.8 Å². The van der Waals surface area contributed by atoms with E-state index in [0.717, 1.165) is 0 Å². The fourth-order valence-electron chi connectivity index (χ4n) is 1.24. The van der Waals surface area contributed by atoms with E-state index in [9.17, 15) is 5.11 Å². The lowest BCUT2D eigenvalue weighted by atomic mass is 10.0. The van der Waals surface area contributed by atoms with Crippen LogP contribution in [0.3, 0.4) is 0 Å². The summed E-state index contributed by atoms with van der Waals surface area (Å²) < 4.78 is 5.15. The molecule has 0 amide bonds. The predicted octanol–water partition coefficient (Wildman–Crippen LogP) is 1.31. The van der Waals surface area contributed by atoms with E-state index in [2.05, 4.69) is 5.92 Å². The van der Waals surface area contributed by atoms with Crippen molar-refractivity contribution < 1.29 is 14.9 Å². The smallest absolute Gasteiger partial charge is 0.160 e. The molecule has 2 atom stereocenters. The van der Waals surface area contributed by atoms with Crippen molar-refractivity contribution >= 4 is 0 Å². The van der Waals surface area contributed by atoms with Crippen molar-refractivity contribution in [3.05, 3.63) is 12.3 Å². The Morgan fingerprint density at radius 2 is 2.07 bits per heavy atom. The summed E-state index contributed by atoms with van der Waals surface area (Å²) in [5.74, 6) is 2.89. The zero-order valence-corrected chi connectivity index (χ0v) is 9.39. The van der Waals surface area contributed by atoms with E-state index < -0.39 is 12.2 Å². The van der Waals surface area contributed by atoms with Gasteiger partial charge in [0.25, 0.3) is 0 Å². The minimum atomic E-state index is -0.437. The standard InChI is InChI=1S/C12H20O3/c1-4-12(15-7-5-6-13)9-11(14)8-10(2)3/h1,5,7,10-14H,6,8-9H2,2-3H3/b7-5+/t11-,12-/m1/s1. The molecule has 86 valence electrons. The fourth-order valence-corrected chi connectivity index (χ4v) is 1.24. The van der Waals surface area contributed by atoms with Crippen LogP contribution in [0.4, 0.5) is 0 Å². The van der Waals surface area contributed by atoms with Crippen LogP contribution in [0, 0.1) is 18.3 Å². The van der Waals surface area contributed by atoms with Gasteiger partial charge in [0.05, 0.1) is 19.0 Å². The SMILES string of the molecule is C#C[C@H](C[C@H](O)CC(C)C)O/C=C/CO. The van der Waals surface area contributed by atoms with Gasteiger partial charge < -0.3 is 14.9 Å². The number of aliphatic hydroxyl groups is 2. The number of aliphatic hydroxyl groups excluding tert-OH is 2. The van der Waals surface area contributed by atoms with Crippen LogP contribution in [-0.2, 0) is 4.74 Å². The fraction of sp³-hybridized carbons (Fsp3) is 0.667. The molecule has 0 spiro atoms. The number of ether oxygens (including phenoxy) is 1. The van der Waals surface area contributed by atoms with Gasteiger partial charge in [0, 0.05) is 6.42 Å². The van der Waals surface area contributed by atoms with Gasteiger partial charge in [-0.1, -0.05) is 19.8 Å². The summed E-state index contributed by atoms with van der Waals surface area (Å²) in [7, 11) is 0. The lowest BCUT2D eigenvalue weighted by molar-refractivity contribution is 0.0830. The average Bonchev–Trinajstić information content (AvgIpc) is 2.15. The van der Waals surface area contributed by atoms with E-state index in [-0.39, 0.29) is 6.61 Å². The molecule has 0 aliphatic rings. The van der Waals surface area contributed by atoms with Crippen molar-refractivity contribution in [2.75, 3.05) is 6.61 Å². The first-order valence-electron chi connectivity index (χ1n) is 5.15. The molecule has 0 saturated heterocycles. The third kappa shape index (κ3) is 8.04. The lowest BCUT2D eigenvalue weighted by Gasteiger charge is -2.16. The van der Waals surface area contributed by atoms with Crippen LogP contribution in [0.15, 0.2) is 12.3 Å². The van der Waals surface area contributed by atoms with Crippen molar-refractivity contribution in [3.63, 3.8) is 0 Å². The maximum Gasteiger partial charge on any atom is 0.160 e. The molecule has 0 bridgehead atoms. The topological polar surface area (TPSA) is 49.7 Å². The highest BCUT2D eigenvalue weighted by molar-refractivity contribution is 4.97. The summed E-state index contributed by atoms with van der Waals surface area (Å²) in [4.78, 5) is 0. The van der Waals surface area contributed by atoms with E-state index in [4.69, 9.17) is 16.3 Å². The molecule has 0 fully saturated rings. The number of hydrogen-bond donors (Lipinski definition) is 2. The van der Waals surface area contributed by atoms with Gasteiger partial charge in [0.2, 0.25) is 0 Å². The second-order valence-electron chi connectivity index (χ2n) is 3.86. The Morgan fingerprint density at radius 1 is 1.40 bits per heavy atom. The molecular weight excluding hydrogens is 192 g/mol. The minimum absolute atomic E-state index is 0.0775. The monoisotopic (exact) mass is 212 g/mol. The second-order valence-corrected chi connectivity index (χ2v) is 3.86. The summed E-state index contributed by atoms with van der Waals surface area (Å²) in [6, 6.07) is 0. The van der Waals surface area contributed by atoms with Gasteiger partial charge in [0.1, 0.15) is 0 Å². The molecule has 0 radical (unpaired) electrons. The Bertz CT molecular complexity index is 215. The predicted molar refractivity (Wildman–Crippen MR) is 60.0 cm³/mol. The van der Waals surface area contributed by atoms with E-state index in [1.54, 1.807) is 0 Å². The summed E-state index contributed by atoms with van der Waals surface area (Å²) in [6.45, 7) is 4.01. The van der Waals surface area contributed by atoms with Gasteiger partial charge in [0.15, 0.2) is 6.10 Å². The minimum Gasteiger partial charge on any atom is -0.486 e. The van der Waals surface area contributed by atoms with Gasteiger partial charge in [-0.2, -0.15) is 0 Å². The first-order chi connectivity index (χ1) is 7.10. The molecule has 2 N–H and O–H groups in total. The van der Waals surface area contributed by atoms with Gasteiger partial charge >= 0.3 is 0 Å². The summed E-state index contributed by atoms with van der Waals surface area (Å²) >= 11 is 0. The summed E-state index contributed by atoms with van der Waals surface area (Å²) in [6.07, 6.45) is 8.35. The lowest BCUT2D eigenvalue weighted by Crippen LogP contribution is -2.19. The molecule has 3 nitrogen and oxygen atoms in total. The van der Waals surface area contributed by atoms with Crippen LogP contribution in [-0.4, -0.2) is 29.0 Å². The van der Waals surface area contributed by atoms with Crippen molar-refractivity contribution in [3.8, 4) is 12.3 Å². The molecule has 0 rings (SSSR count). The van der Waals surface area contributed by atoms with Gasteiger partial charge in [-0.3, -0.25) is 0 Å². The van der Waals surface area contributed by atoms with Crippen LogP contribution in [0.25, 0.3) is 0 Å². The molecular formula is C12H20O3. The highest BCUT2D eigenvalue weighted by Gasteiger charge is 2.13. The Hall–Kier alpha value is -0.980. The van der Waals surface area contributed by atoms with Crippen molar-refractivity contribution in [2.45, 2.75) is 38.9 Å². The van der Waals surface area contributed by atoms with Crippen LogP contribution < -0.4 is 0 Å². The maximum absolute atomic E-state index is 9.63. The Kier molecular flexibility index (Phi) is 7.79. The number of terminal acetylenes is 1. The molecule has 3 heteroatoms. The summed E-state index contributed by atoms with van der Waals surface area (Å²) in [5.41, 5.74) is 0. The quantitative estimate of drug-likeness (QED) is 0.494. The van der Waals surface area contributed by atoms with Crippen LogP contribution in [0.2, 0.25) is 0 Å². The molecule has 0 aromatic carbocycles. The third-order valence-corrected chi connectivity index (χ3v) is 1.86. The normalized spacial score (nSPS) is 15.2. The molecule has 0 heterocycles. The Balaban J connectivity index is 3.89. The van der Waals surface area contributed by atoms with Crippen molar-refractivity contribution in [1.82, 2.24) is 0 Å². The van der Waals surface area contributed by atoms with Crippen molar-refractivity contribution in [2.24, 2.45) is 5.92 Å².